The number of ether oxygens (including phenoxy) is 1. The van der Waals surface area contributed by atoms with Gasteiger partial charge < -0.3 is 9.84 Å². The van der Waals surface area contributed by atoms with Gasteiger partial charge in [-0.05, 0) is 23.5 Å². The molecule has 0 fully saturated rings. The highest BCUT2D eigenvalue weighted by Gasteiger charge is 2.67. The molecule has 0 aliphatic carbocycles. The highest BCUT2D eigenvalue weighted by atomic mass is 19.4. The van der Waals surface area contributed by atoms with Crippen molar-refractivity contribution < 1.29 is 27.8 Å². The van der Waals surface area contributed by atoms with E-state index in [1.54, 1.807) is 33.8 Å². The number of esters is 1. The van der Waals surface area contributed by atoms with Crippen LogP contribution in [0.3, 0.4) is 0 Å². The molecule has 116 valence electrons. The predicted octanol–water partition coefficient (Wildman–Crippen LogP) is 3.22. The summed E-state index contributed by atoms with van der Waals surface area (Å²) in [5, 5.41) is 9.96. The number of alkyl halides is 3. The molecule has 1 N–H and O–H groups in total. The third-order valence-corrected chi connectivity index (χ3v) is 3.66. The molecule has 1 aromatic rings. The summed E-state index contributed by atoms with van der Waals surface area (Å²) >= 11 is 0. The van der Waals surface area contributed by atoms with E-state index >= 15 is 0 Å². The van der Waals surface area contributed by atoms with Gasteiger partial charge in [0.1, 0.15) is 5.75 Å². The lowest BCUT2D eigenvalue weighted by molar-refractivity contribution is -0.258. The first-order chi connectivity index (χ1) is 9.42. The van der Waals surface area contributed by atoms with Gasteiger partial charge in [0.25, 0.3) is 5.60 Å². The van der Waals surface area contributed by atoms with Crippen molar-refractivity contribution >= 4 is 5.97 Å². The molecule has 21 heavy (non-hydrogen) atoms. The first-order valence-corrected chi connectivity index (χ1v) is 6.62. The summed E-state index contributed by atoms with van der Waals surface area (Å²) in [6.45, 7) is 7.21. The topological polar surface area (TPSA) is 46.5 Å². The van der Waals surface area contributed by atoms with E-state index in [0.717, 1.165) is 0 Å². The molecule has 1 aliphatic heterocycles. The number of carbonyl (C=O) groups excluding carboxylic acids is 1. The summed E-state index contributed by atoms with van der Waals surface area (Å²) < 4.78 is 44.4. The van der Waals surface area contributed by atoms with Crippen LogP contribution in [0.25, 0.3) is 0 Å². The number of benzene rings is 1. The molecule has 2 rings (SSSR count). The van der Waals surface area contributed by atoms with Gasteiger partial charge in [-0.15, -0.1) is 0 Å². The number of hydrogen-bond donors (Lipinski definition) is 1. The quantitative estimate of drug-likeness (QED) is 0.640. The number of aryl methyl sites for hydroxylation is 1. The largest absolute Gasteiger partial charge is 0.432 e. The van der Waals surface area contributed by atoms with Gasteiger partial charge in [-0.1, -0.05) is 33.8 Å². The van der Waals surface area contributed by atoms with E-state index < -0.39 is 28.7 Å². The summed E-state index contributed by atoms with van der Waals surface area (Å²) in [4.78, 5) is 11.7. The summed E-state index contributed by atoms with van der Waals surface area (Å²) in [6.07, 6.45) is -4.64. The zero-order valence-corrected chi connectivity index (χ0v) is 12.3. The van der Waals surface area contributed by atoms with Gasteiger partial charge in [-0.25, -0.2) is 4.79 Å². The van der Waals surface area contributed by atoms with Crippen molar-refractivity contribution in [1.29, 1.82) is 0 Å². The first-order valence-electron chi connectivity index (χ1n) is 6.62. The normalized spacial score (nSPS) is 22.2. The lowest BCUT2D eigenvalue weighted by Gasteiger charge is -2.25. The molecule has 1 atom stereocenters. The highest BCUT2D eigenvalue weighted by molar-refractivity contribution is 5.90. The zero-order valence-electron chi connectivity index (χ0n) is 12.3. The Hall–Kier alpha value is -1.56. The highest BCUT2D eigenvalue weighted by Crippen LogP contribution is 2.51. The van der Waals surface area contributed by atoms with Crippen molar-refractivity contribution in [2.75, 3.05) is 0 Å². The molecule has 0 aromatic heterocycles. The van der Waals surface area contributed by atoms with Crippen LogP contribution in [0.15, 0.2) is 12.1 Å². The van der Waals surface area contributed by atoms with Crippen molar-refractivity contribution in [2.45, 2.75) is 51.3 Å². The number of halogens is 3. The molecular weight excluding hydrogens is 285 g/mol. The number of carbonyl (C=O) groups is 1. The fourth-order valence-electron chi connectivity index (χ4n) is 2.37. The van der Waals surface area contributed by atoms with Crippen LogP contribution in [0, 0.1) is 0 Å². The molecule has 6 heteroatoms. The SMILES string of the molecule is CCc1cc(C(C)(C)C)c2c(c1)[C@@](O)(C(F)(F)F)C(=O)O2. The summed E-state index contributed by atoms with van der Waals surface area (Å²) in [7, 11) is 0. The van der Waals surface area contributed by atoms with Crippen molar-refractivity contribution in [3.05, 3.63) is 28.8 Å². The van der Waals surface area contributed by atoms with Gasteiger partial charge in [-0.2, -0.15) is 13.2 Å². The van der Waals surface area contributed by atoms with Gasteiger partial charge in [0, 0.05) is 11.1 Å². The van der Waals surface area contributed by atoms with E-state index in [4.69, 9.17) is 4.74 Å². The fraction of sp³-hybridized carbons (Fsp3) is 0.533. The molecule has 3 nitrogen and oxygen atoms in total. The van der Waals surface area contributed by atoms with E-state index in [-0.39, 0.29) is 5.75 Å². The average Bonchev–Trinajstić information content (AvgIpc) is 2.60. The maximum atomic E-state index is 13.2. The molecule has 0 spiro atoms. The Morgan fingerprint density at radius 1 is 1.24 bits per heavy atom. The number of hydrogen-bond acceptors (Lipinski definition) is 3. The minimum atomic E-state index is -5.13. The second-order valence-corrected chi connectivity index (χ2v) is 6.22. The maximum absolute atomic E-state index is 13.2. The van der Waals surface area contributed by atoms with Crippen molar-refractivity contribution in [3.8, 4) is 5.75 Å². The molecule has 0 unspecified atom stereocenters. The summed E-state index contributed by atoms with van der Waals surface area (Å²) in [6, 6.07) is 2.91. The van der Waals surface area contributed by atoms with Crippen LogP contribution in [0.4, 0.5) is 13.2 Å². The Bertz CT molecular complexity index is 599. The zero-order chi connectivity index (χ0) is 16.2. The van der Waals surface area contributed by atoms with Crippen LogP contribution in [0.1, 0.15) is 44.4 Å². The van der Waals surface area contributed by atoms with Gasteiger partial charge >= 0.3 is 12.1 Å². The van der Waals surface area contributed by atoms with Gasteiger partial charge in [-0.3, -0.25) is 0 Å². The van der Waals surface area contributed by atoms with Crippen molar-refractivity contribution in [2.24, 2.45) is 0 Å². The molecule has 1 heterocycles. The van der Waals surface area contributed by atoms with Crippen LogP contribution < -0.4 is 4.74 Å². The van der Waals surface area contributed by atoms with Crippen molar-refractivity contribution in [1.82, 2.24) is 0 Å². The van der Waals surface area contributed by atoms with E-state index in [0.29, 0.717) is 17.5 Å². The first kappa shape index (κ1) is 15.8. The van der Waals surface area contributed by atoms with E-state index in [1.807, 2.05) is 0 Å². The molecule has 1 aliphatic rings. The lowest BCUT2D eigenvalue weighted by atomic mass is 9.81. The van der Waals surface area contributed by atoms with Crippen LogP contribution in [0.2, 0.25) is 0 Å². The molecule has 0 saturated heterocycles. The molecule has 1 aromatic carbocycles. The standard InChI is InChI=1S/C15H17F3O3/c1-5-8-6-9(13(2,3)4)11-10(7-8)14(20,12(19)21-11)15(16,17)18/h6-7,20H,5H2,1-4H3/t14-/m0/s1. The Kier molecular flexibility index (Phi) is 3.36. The average molecular weight is 302 g/mol. The van der Waals surface area contributed by atoms with E-state index in [1.165, 1.54) is 6.07 Å². The molecule has 0 radical (unpaired) electrons. The third kappa shape index (κ3) is 2.21. The number of rotatable bonds is 1. The summed E-state index contributed by atoms with van der Waals surface area (Å²) in [5.74, 6) is -1.87. The molecular formula is C15H17F3O3. The van der Waals surface area contributed by atoms with Crippen LogP contribution in [-0.2, 0) is 22.2 Å². The third-order valence-electron chi connectivity index (χ3n) is 3.66. The Morgan fingerprint density at radius 3 is 2.24 bits per heavy atom. The second kappa shape index (κ2) is 4.47. The monoisotopic (exact) mass is 302 g/mol. The van der Waals surface area contributed by atoms with Gasteiger partial charge in [0.2, 0.25) is 0 Å². The Balaban J connectivity index is 2.80. The van der Waals surface area contributed by atoms with Crippen LogP contribution in [0.5, 0.6) is 5.75 Å². The van der Waals surface area contributed by atoms with Gasteiger partial charge in [0.15, 0.2) is 0 Å². The fourth-order valence-corrected chi connectivity index (χ4v) is 2.37. The maximum Gasteiger partial charge on any atom is 0.432 e. The van der Waals surface area contributed by atoms with E-state index in [2.05, 4.69) is 0 Å². The number of fused-ring (bicyclic) bond motifs is 1. The Labute approximate surface area is 120 Å². The summed E-state index contributed by atoms with van der Waals surface area (Å²) in [5.41, 5.74) is -3.53. The number of aliphatic hydroxyl groups is 1. The minimum Gasteiger partial charge on any atom is -0.423 e. The smallest absolute Gasteiger partial charge is 0.423 e. The molecule has 0 bridgehead atoms. The van der Waals surface area contributed by atoms with Gasteiger partial charge in [0.05, 0.1) is 0 Å². The predicted molar refractivity (Wildman–Crippen MR) is 70.1 cm³/mol. The van der Waals surface area contributed by atoms with Crippen LogP contribution in [-0.4, -0.2) is 17.3 Å². The van der Waals surface area contributed by atoms with Crippen molar-refractivity contribution in [3.63, 3.8) is 0 Å². The Morgan fingerprint density at radius 2 is 1.81 bits per heavy atom. The van der Waals surface area contributed by atoms with Crippen LogP contribution >= 0.6 is 0 Å². The lowest BCUT2D eigenvalue weighted by Crippen LogP contribution is -2.47. The van der Waals surface area contributed by atoms with E-state index in [9.17, 15) is 23.1 Å². The minimum absolute atomic E-state index is 0.176. The molecule has 0 saturated carbocycles. The second-order valence-electron chi connectivity index (χ2n) is 6.22. The molecule has 0 amide bonds.